The summed E-state index contributed by atoms with van der Waals surface area (Å²) in [7, 11) is 0. The molecule has 0 aliphatic rings. The van der Waals surface area contributed by atoms with Gasteiger partial charge in [-0.05, 0) is 25.1 Å². The van der Waals surface area contributed by atoms with Crippen molar-refractivity contribution < 1.29 is 14.9 Å². The van der Waals surface area contributed by atoms with E-state index in [0.717, 1.165) is 16.3 Å². The molecule has 2 aromatic carbocycles. The zero-order chi connectivity index (χ0) is 11.5. The van der Waals surface area contributed by atoms with E-state index < -0.39 is 0 Å². The lowest BCUT2D eigenvalue weighted by atomic mass is 10.1. The van der Waals surface area contributed by atoms with Gasteiger partial charge in [0.1, 0.15) is 18.1 Å². The van der Waals surface area contributed by atoms with Gasteiger partial charge in [-0.15, -0.1) is 0 Å². The van der Waals surface area contributed by atoms with Crippen molar-refractivity contribution in [2.75, 3.05) is 13.2 Å². The Morgan fingerprint density at radius 2 is 1.94 bits per heavy atom. The van der Waals surface area contributed by atoms with Gasteiger partial charge in [0.2, 0.25) is 0 Å². The summed E-state index contributed by atoms with van der Waals surface area (Å²) in [5, 5.41) is 20.1. The van der Waals surface area contributed by atoms with Crippen molar-refractivity contribution in [1.82, 2.24) is 0 Å². The van der Waals surface area contributed by atoms with Crippen molar-refractivity contribution in [3.05, 3.63) is 35.9 Å². The molecule has 2 rings (SSSR count). The maximum Gasteiger partial charge on any atom is 0.127 e. The fraction of sp³-hybridized carbons (Fsp3) is 0.231. The van der Waals surface area contributed by atoms with E-state index in [2.05, 4.69) is 0 Å². The van der Waals surface area contributed by atoms with Gasteiger partial charge < -0.3 is 14.9 Å². The molecule has 0 atom stereocenters. The topological polar surface area (TPSA) is 49.7 Å². The van der Waals surface area contributed by atoms with E-state index in [1.165, 1.54) is 0 Å². The van der Waals surface area contributed by atoms with Crippen LogP contribution in [-0.4, -0.2) is 23.4 Å². The van der Waals surface area contributed by atoms with Crippen molar-refractivity contribution in [3.63, 3.8) is 0 Å². The molecule has 0 unspecified atom stereocenters. The maximum atomic E-state index is 9.71. The molecule has 0 fully saturated rings. The number of aliphatic hydroxyl groups is 1. The molecule has 3 heteroatoms. The first-order chi connectivity index (χ1) is 7.72. The molecule has 0 aliphatic carbocycles. The van der Waals surface area contributed by atoms with Gasteiger partial charge in [0.25, 0.3) is 0 Å². The Morgan fingerprint density at radius 1 is 1.12 bits per heavy atom. The van der Waals surface area contributed by atoms with Gasteiger partial charge in [-0.2, -0.15) is 0 Å². The Labute approximate surface area is 93.9 Å². The zero-order valence-corrected chi connectivity index (χ0v) is 9.10. The van der Waals surface area contributed by atoms with Crippen LogP contribution in [0.25, 0.3) is 10.8 Å². The molecule has 0 aromatic heterocycles. The summed E-state index contributed by atoms with van der Waals surface area (Å²) in [6.07, 6.45) is 0. The van der Waals surface area contributed by atoms with Crippen LogP contribution in [0.5, 0.6) is 11.5 Å². The molecule has 0 aliphatic heterocycles. The van der Waals surface area contributed by atoms with Crippen LogP contribution in [0.1, 0.15) is 5.56 Å². The number of phenolic OH excluding ortho intramolecular Hbond substituents is 1. The monoisotopic (exact) mass is 218 g/mol. The van der Waals surface area contributed by atoms with Crippen LogP contribution in [0, 0.1) is 6.92 Å². The highest BCUT2D eigenvalue weighted by atomic mass is 16.5. The molecule has 0 amide bonds. The normalized spacial score (nSPS) is 10.6. The third-order valence-corrected chi connectivity index (χ3v) is 2.46. The van der Waals surface area contributed by atoms with Gasteiger partial charge in [-0.3, -0.25) is 0 Å². The number of aliphatic hydroxyl groups excluding tert-OH is 1. The van der Waals surface area contributed by atoms with Crippen LogP contribution < -0.4 is 4.74 Å². The van der Waals surface area contributed by atoms with E-state index in [-0.39, 0.29) is 19.0 Å². The van der Waals surface area contributed by atoms with Gasteiger partial charge in [0.15, 0.2) is 0 Å². The summed E-state index contributed by atoms with van der Waals surface area (Å²) in [5.74, 6) is 0.928. The Balaban J connectivity index is 2.56. The summed E-state index contributed by atoms with van der Waals surface area (Å²) < 4.78 is 5.42. The highest BCUT2D eigenvalue weighted by Gasteiger charge is 2.06. The second-order valence-corrected chi connectivity index (χ2v) is 3.70. The fourth-order valence-electron chi connectivity index (χ4n) is 1.70. The number of fused-ring (bicyclic) bond motifs is 1. The van der Waals surface area contributed by atoms with E-state index in [1.54, 1.807) is 12.1 Å². The Bertz CT molecular complexity index is 506. The maximum absolute atomic E-state index is 9.71. The molecule has 0 saturated carbocycles. The minimum atomic E-state index is -0.0197. The van der Waals surface area contributed by atoms with Crippen molar-refractivity contribution in [1.29, 1.82) is 0 Å². The second kappa shape index (κ2) is 4.41. The van der Waals surface area contributed by atoms with E-state index in [1.807, 2.05) is 25.1 Å². The molecule has 0 heterocycles. The number of aromatic hydroxyl groups is 1. The number of benzene rings is 2. The second-order valence-electron chi connectivity index (χ2n) is 3.70. The number of aryl methyl sites for hydroxylation is 1. The van der Waals surface area contributed by atoms with Crippen LogP contribution in [0.15, 0.2) is 30.3 Å². The molecule has 16 heavy (non-hydrogen) atoms. The number of hydrogen-bond acceptors (Lipinski definition) is 3. The lowest BCUT2D eigenvalue weighted by molar-refractivity contribution is 0.203. The average molecular weight is 218 g/mol. The van der Waals surface area contributed by atoms with Crippen molar-refractivity contribution >= 4 is 10.8 Å². The van der Waals surface area contributed by atoms with Crippen molar-refractivity contribution in [2.45, 2.75) is 6.92 Å². The first kappa shape index (κ1) is 10.8. The van der Waals surface area contributed by atoms with E-state index >= 15 is 0 Å². The summed E-state index contributed by atoms with van der Waals surface area (Å²) in [4.78, 5) is 0. The first-order valence-electron chi connectivity index (χ1n) is 5.18. The standard InChI is InChI=1S/C13H14O3/c1-9-2-3-10-11(8-9)13(16-7-6-14)5-4-12(10)15/h2-5,8,14-15H,6-7H2,1H3. The molecule has 3 nitrogen and oxygen atoms in total. The fourth-order valence-corrected chi connectivity index (χ4v) is 1.70. The largest absolute Gasteiger partial charge is 0.507 e. The Morgan fingerprint density at radius 3 is 2.69 bits per heavy atom. The zero-order valence-electron chi connectivity index (χ0n) is 9.10. The minimum Gasteiger partial charge on any atom is -0.507 e. The average Bonchev–Trinajstić information content (AvgIpc) is 2.28. The molecule has 0 saturated heterocycles. The molecule has 0 spiro atoms. The smallest absolute Gasteiger partial charge is 0.127 e. The van der Waals surface area contributed by atoms with E-state index in [4.69, 9.17) is 9.84 Å². The quantitative estimate of drug-likeness (QED) is 0.830. The Hall–Kier alpha value is -1.74. The molecule has 0 bridgehead atoms. The number of phenols is 1. The molecular weight excluding hydrogens is 204 g/mol. The lowest BCUT2D eigenvalue weighted by Gasteiger charge is -2.10. The minimum absolute atomic E-state index is 0.0197. The number of ether oxygens (including phenoxy) is 1. The van der Waals surface area contributed by atoms with E-state index in [9.17, 15) is 5.11 Å². The predicted octanol–water partition coefficient (Wildman–Crippen LogP) is 2.22. The van der Waals surface area contributed by atoms with Gasteiger partial charge in [0.05, 0.1) is 6.61 Å². The lowest BCUT2D eigenvalue weighted by Crippen LogP contribution is -2.01. The highest BCUT2D eigenvalue weighted by molar-refractivity contribution is 5.93. The van der Waals surface area contributed by atoms with Gasteiger partial charge in [-0.1, -0.05) is 17.7 Å². The van der Waals surface area contributed by atoms with E-state index in [0.29, 0.717) is 5.75 Å². The van der Waals surface area contributed by atoms with Gasteiger partial charge in [0, 0.05) is 10.8 Å². The predicted molar refractivity (Wildman–Crippen MR) is 62.9 cm³/mol. The molecule has 2 aromatic rings. The van der Waals surface area contributed by atoms with Crippen LogP contribution in [0.3, 0.4) is 0 Å². The molecular formula is C13H14O3. The Kier molecular flexibility index (Phi) is 2.97. The third-order valence-electron chi connectivity index (χ3n) is 2.46. The van der Waals surface area contributed by atoms with Crippen LogP contribution in [-0.2, 0) is 0 Å². The summed E-state index contributed by atoms with van der Waals surface area (Å²) >= 11 is 0. The highest BCUT2D eigenvalue weighted by Crippen LogP contribution is 2.32. The number of rotatable bonds is 3. The first-order valence-corrected chi connectivity index (χ1v) is 5.18. The van der Waals surface area contributed by atoms with Gasteiger partial charge >= 0.3 is 0 Å². The van der Waals surface area contributed by atoms with Gasteiger partial charge in [-0.25, -0.2) is 0 Å². The molecule has 84 valence electrons. The van der Waals surface area contributed by atoms with Crippen LogP contribution >= 0.6 is 0 Å². The van der Waals surface area contributed by atoms with Crippen LogP contribution in [0.4, 0.5) is 0 Å². The molecule has 2 N–H and O–H groups in total. The number of hydrogen-bond donors (Lipinski definition) is 2. The summed E-state index contributed by atoms with van der Waals surface area (Å²) in [5.41, 5.74) is 1.10. The summed E-state index contributed by atoms with van der Waals surface area (Å²) in [6, 6.07) is 9.09. The molecule has 0 radical (unpaired) electrons. The third kappa shape index (κ3) is 1.95. The van der Waals surface area contributed by atoms with Crippen molar-refractivity contribution in [2.24, 2.45) is 0 Å². The van der Waals surface area contributed by atoms with Crippen molar-refractivity contribution in [3.8, 4) is 11.5 Å². The van der Waals surface area contributed by atoms with Crippen LogP contribution in [0.2, 0.25) is 0 Å². The summed E-state index contributed by atoms with van der Waals surface area (Å²) in [6.45, 7) is 2.22. The SMILES string of the molecule is Cc1ccc2c(O)ccc(OCCO)c2c1.